The molecule has 3 heterocycles. The highest BCUT2D eigenvalue weighted by molar-refractivity contribution is 7.99. The molecule has 0 unspecified atom stereocenters. The van der Waals surface area contributed by atoms with Crippen LogP contribution < -0.4 is 5.32 Å². The lowest BCUT2D eigenvalue weighted by Gasteiger charge is -2.00. The number of hydrogen-bond acceptors (Lipinski definition) is 7. The average Bonchev–Trinajstić information content (AvgIpc) is 3.24. The Morgan fingerprint density at radius 1 is 1.27 bits per heavy atom. The minimum atomic E-state index is -0.138. The van der Waals surface area contributed by atoms with Gasteiger partial charge in [0, 0.05) is 0 Å². The van der Waals surface area contributed by atoms with Crippen LogP contribution >= 0.6 is 11.8 Å². The Labute approximate surface area is 130 Å². The fraction of sp³-hybridized carbons (Fsp3) is 0.214. The molecule has 0 radical (unpaired) electrons. The first-order chi connectivity index (χ1) is 10.7. The maximum Gasteiger partial charge on any atom is 0.277 e. The van der Waals surface area contributed by atoms with E-state index in [0.29, 0.717) is 29.2 Å². The Hall–Kier alpha value is -2.48. The topological polar surface area (TPSA) is 94.3 Å². The van der Waals surface area contributed by atoms with Crippen molar-refractivity contribution in [3.63, 3.8) is 0 Å². The van der Waals surface area contributed by atoms with Crippen molar-refractivity contribution in [2.75, 3.05) is 5.75 Å². The van der Waals surface area contributed by atoms with Crippen molar-refractivity contribution < 1.29 is 18.0 Å². The van der Waals surface area contributed by atoms with Crippen LogP contribution in [0.3, 0.4) is 0 Å². The third-order valence-corrected chi connectivity index (χ3v) is 3.68. The van der Waals surface area contributed by atoms with Gasteiger partial charge in [0.2, 0.25) is 5.91 Å². The quantitative estimate of drug-likeness (QED) is 0.698. The molecule has 1 amide bonds. The lowest BCUT2D eigenvalue weighted by atomic mass is 10.3. The summed E-state index contributed by atoms with van der Waals surface area (Å²) in [5.74, 6) is 1.84. The van der Waals surface area contributed by atoms with Gasteiger partial charge in [0.25, 0.3) is 11.1 Å². The van der Waals surface area contributed by atoms with Gasteiger partial charge in [-0.25, -0.2) is 0 Å². The molecule has 0 aliphatic carbocycles. The second-order valence-corrected chi connectivity index (χ2v) is 5.33. The predicted octanol–water partition coefficient (Wildman–Crippen LogP) is 2.64. The first kappa shape index (κ1) is 14.5. The second kappa shape index (κ2) is 6.52. The standard InChI is InChI=1S/C14H13N3O4S/c1-9-11(4-6-19-9)13-16-17-14(21-13)22-8-12(18)15-7-10-3-2-5-20-10/h2-6H,7-8H2,1H3,(H,15,18). The molecule has 0 saturated heterocycles. The normalized spacial score (nSPS) is 10.8. The predicted molar refractivity (Wildman–Crippen MR) is 78.0 cm³/mol. The van der Waals surface area contributed by atoms with E-state index in [2.05, 4.69) is 15.5 Å². The number of furan rings is 2. The van der Waals surface area contributed by atoms with E-state index in [1.54, 1.807) is 30.7 Å². The minimum Gasteiger partial charge on any atom is -0.469 e. The van der Waals surface area contributed by atoms with Crippen LogP contribution in [0.5, 0.6) is 0 Å². The monoisotopic (exact) mass is 319 g/mol. The van der Waals surface area contributed by atoms with Crippen LogP contribution in [0.4, 0.5) is 0 Å². The molecule has 0 aromatic carbocycles. The molecule has 3 aromatic heterocycles. The van der Waals surface area contributed by atoms with Crippen molar-refractivity contribution >= 4 is 17.7 Å². The number of rotatable bonds is 6. The van der Waals surface area contributed by atoms with Crippen molar-refractivity contribution in [1.82, 2.24) is 15.5 Å². The van der Waals surface area contributed by atoms with E-state index in [-0.39, 0.29) is 11.7 Å². The highest BCUT2D eigenvalue weighted by Crippen LogP contribution is 2.26. The zero-order chi connectivity index (χ0) is 15.4. The fourth-order valence-corrected chi connectivity index (χ4v) is 2.35. The lowest BCUT2D eigenvalue weighted by molar-refractivity contribution is -0.118. The van der Waals surface area contributed by atoms with Crippen LogP contribution in [0, 0.1) is 6.92 Å². The van der Waals surface area contributed by atoms with E-state index in [4.69, 9.17) is 13.3 Å². The lowest BCUT2D eigenvalue weighted by Crippen LogP contribution is -2.24. The highest BCUT2D eigenvalue weighted by Gasteiger charge is 2.14. The Morgan fingerprint density at radius 2 is 2.18 bits per heavy atom. The van der Waals surface area contributed by atoms with Gasteiger partial charge in [-0.15, -0.1) is 10.2 Å². The number of thioether (sulfide) groups is 1. The number of nitrogens with one attached hydrogen (secondary N) is 1. The van der Waals surface area contributed by atoms with E-state index >= 15 is 0 Å². The molecule has 0 atom stereocenters. The zero-order valence-corrected chi connectivity index (χ0v) is 12.6. The third kappa shape index (κ3) is 3.40. The van der Waals surface area contributed by atoms with E-state index in [0.717, 1.165) is 5.56 Å². The maximum atomic E-state index is 11.7. The fourth-order valence-electron chi connectivity index (χ4n) is 1.76. The summed E-state index contributed by atoms with van der Waals surface area (Å²) in [5.41, 5.74) is 0.752. The van der Waals surface area contributed by atoms with E-state index in [1.807, 2.05) is 6.92 Å². The molecule has 3 rings (SSSR count). The van der Waals surface area contributed by atoms with Gasteiger partial charge in [-0.2, -0.15) is 0 Å². The van der Waals surface area contributed by atoms with Crippen molar-refractivity contribution in [1.29, 1.82) is 0 Å². The molecule has 0 aliphatic heterocycles. The number of aromatic nitrogens is 2. The number of nitrogens with zero attached hydrogens (tertiary/aromatic N) is 2. The number of amides is 1. The van der Waals surface area contributed by atoms with Gasteiger partial charge in [0.1, 0.15) is 11.5 Å². The second-order valence-electron chi connectivity index (χ2n) is 4.41. The van der Waals surface area contributed by atoms with Crippen molar-refractivity contribution in [2.24, 2.45) is 0 Å². The van der Waals surface area contributed by atoms with Gasteiger partial charge in [-0.3, -0.25) is 4.79 Å². The van der Waals surface area contributed by atoms with Crippen LogP contribution in [-0.2, 0) is 11.3 Å². The third-order valence-electron chi connectivity index (χ3n) is 2.86. The first-order valence-electron chi connectivity index (χ1n) is 6.52. The molecule has 0 aliphatic rings. The van der Waals surface area contributed by atoms with Gasteiger partial charge in [-0.05, 0) is 25.1 Å². The van der Waals surface area contributed by atoms with E-state index < -0.39 is 0 Å². The van der Waals surface area contributed by atoms with Crippen LogP contribution in [-0.4, -0.2) is 21.9 Å². The summed E-state index contributed by atoms with van der Waals surface area (Å²) >= 11 is 1.18. The highest BCUT2D eigenvalue weighted by atomic mass is 32.2. The van der Waals surface area contributed by atoms with Gasteiger partial charge >= 0.3 is 0 Å². The number of aryl methyl sites for hydroxylation is 1. The summed E-state index contributed by atoms with van der Waals surface area (Å²) in [6, 6.07) is 5.33. The Kier molecular flexibility index (Phi) is 4.29. The summed E-state index contributed by atoms with van der Waals surface area (Å²) in [6.45, 7) is 2.17. The van der Waals surface area contributed by atoms with Crippen LogP contribution in [0.2, 0.25) is 0 Å². The van der Waals surface area contributed by atoms with Crippen molar-refractivity contribution in [3.05, 3.63) is 42.2 Å². The molecule has 0 fully saturated rings. The molecule has 114 valence electrons. The van der Waals surface area contributed by atoms with Crippen molar-refractivity contribution in [3.8, 4) is 11.5 Å². The molecule has 3 aromatic rings. The van der Waals surface area contributed by atoms with Gasteiger partial charge in [0.05, 0.1) is 30.4 Å². The number of hydrogen-bond donors (Lipinski definition) is 1. The van der Waals surface area contributed by atoms with Crippen LogP contribution in [0.15, 0.2) is 49.2 Å². The molecule has 1 N–H and O–H groups in total. The van der Waals surface area contributed by atoms with E-state index in [9.17, 15) is 4.79 Å². The summed E-state index contributed by atoms with van der Waals surface area (Å²) < 4.78 is 15.8. The van der Waals surface area contributed by atoms with Gasteiger partial charge < -0.3 is 18.6 Å². The number of carbonyl (C=O) groups is 1. The van der Waals surface area contributed by atoms with Gasteiger partial charge in [0.15, 0.2) is 0 Å². The Morgan fingerprint density at radius 3 is 2.91 bits per heavy atom. The van der Waals surface area contributed by atoms with Crippen molar-refractivity contribution in [2.45, 2.75) is 18.7 Å². The summed E-state index contributed by atoms with van der Waals surface area (Å²) in [5, 5.41) is 10.9. The molecule has 22 heavy (non-hydrogen) atoms. The Balaban J connectivity index is 1.50. The molecule has 7 nitrogen and oxygen atoms in total. The average molecular weight is 319 g/mol. The van der Waals surface area contributed by atoms with Crippen LogP contribution in [0.1, 0.15) is 11.5 Å². The minimum absolute atomic E-state index is 0.138. The first-order valence-corrected chi connectivity index (χ1v) is 7.51. The molecular formula is C14H13N3O4S. The molecular weight excluding hydrogens is 306 g/mol. The summed E-state index contributed by atoms with van der Waals surface area (Å²) in [4.78, 5) is 11.7. The molecule has 0 bridgehead atoms. The smallest absolute Gasteiger partial charge is 0.277 e. The summed E-state index contributed by atoms with van der Waals surface area (Å²) in [6.07, 6.45) is 3.12. The SMILES string of the molecule is Cc1occc1-c1nnc(SCC(=O)NCc2ccco2)o1. The van der Waals surface area contributed by atoms with Crippen LogP contribution in [0.25, 0.3) is 11.5 Å². The zero-order valence-electron chi connectivity index (χ0n) is 11.7. The molecule has 0 spiro atoms. The maximum absolute atomic E-state index is 11.7. The molecule has 0 saturated carbocycles. The summed E-state index contributed by atoms with van der Waals surface area (Å²) in [7, 11) is 0. The largest absolute Gasteiger partial charge is 0.469 e. The number of carbonyl (C=O) groups excluding carboxylic acids is 1. The van der Waals surface area contributed by atoms with E-state index in [1.165, 1.54) is 11.8 Å². The molecule has 8 heteroatoms. The van der Waals surface area contributed by atoms with Gasteiger partial charge in [-0.1, -0.05) is 11.8 Å². The Bertz CT molecular complexity index is 748.